The summed E-state index contributed by atoms with van der Waals surface area (Å²) in [7, 11) is 0. The van der Waals surface area contributed by atoms with Crippen LogP contribution in [0, 0.1) is 27.9 Å². The van der Waals surface area contributed by atoms with Crippen molar-refractivity contribution in [2.45, 2.75) is 40.5 Å². The number of amides is 1. The normalized spacial score (nSPS) is 14.8. The van der Waals surface area contributed by atoms with Gasteiger partial charge in [0.1, 0.15) is 5.69 Å². The maximum absolute atomic E-state index is 12.5. The van der Waals surface area contributed by atoms with Gasteiger partial charge in [-0.15, -0.1) is 0 Å². The lowest BCUT2D eigenvalue weighted by Gasteiger charge is -2.32. The van der Waals surface area contributed by atoms with Crippen molar-refractivity contribution in [2.75, 3.05) is 37.7 Å². The van der Waals surface area contributed by atoms with Gasteiger partial charge in [-0.2, -0.15) is 0 Å². The van der Waals surface area contributed by atoms with Gasteiger partial charge in [-0.25, -0.2) is 0 Å². The lowest BCUT2D eigenvalue weighted by molar-refractivity contribution is -0.384. The predicted octanol–water partition coefficient (Wildman–Crippen LogP) is 3.50. The van der Waals surface area contributed by atoms with E-state index < -0.39 is 0 Å². The van der Waals surface area contributed by atoms with Crippen molar-refractivity contribution in [3.05, 3.63) is 34.4 Å². The molecule has 0 N–H and O–H groups in total. The molecular formula is C22H33N3O5. The number of piperidine rings is 1. The summed E-state index contributed by atoms with van der Waals surface area (Å²) in [6.07, 6.45) is 1.08. The molecule has 8 heteroatoms. The third-order valence-electron chi connectivity index (χ3n) is 5.11. The van der Waals surface area contributed by atoms with Crippen LogP contribution in [0.3, 0.4) is 0 Å². The molecular weight excluding hydrogens is 386 g/mol. The molecule has 0 unspecified atom stereocenters. The Balaban J connectivity index is 1.87. The van der Waals surface area contributed by atoms with Crippen molar-refractivity contribution in [3.8, 4) is 0 Å². The Labute approximate surface area is 178 Å². The van der Waals surface area contributed by atoms with Gasteiger partial charge in [-0.05, 0) is 30.7 Å². The molecule has 8 nitrogen and oxygen atoms in total. The van der Waals surface area contributed by atoms with Crippen LogP contribution < -0.4 is 4.90 Å². The Morgan fingerprint density at radius 1 is 1.13 bits per heavy atom. The minimum absolute atomic E-state index is 0.0690. The first-order valence-electron chi connectivity index (χ1n) is 10.6. The van der Waals surface area contributed by atoms with Crippen LogP contribution >= 0.6 is 0 Å². The van der Waals surface area contributed by atoms with Gasteiger partial charge in [-0.3, -0.25) is 19.7 Å². The van der Waals surface area contributed by atoms with Gasteiger partial charge in [0.2, 0.25) is 0 Å². The van der Waals surface area contributed by atoms with E-state index in [2.05, 4.69) is 27.7 Å². The smallest absolute Gasteiger partial charge is 0.309 e. The van der Waals surface area contributed by atoms with Crippen LogP contribution in [-0.2, 0) is 14.3 Å². The Morgan fingerprint density at radius 3 is 2.23 bits per heavy atom. The highest BCUT2D eigenvalue weighted by atomic mass is 16.6. The molecule has 1 aliphatic rings. The number of hydrogen-bond donors (Lipinski definition) is 0. The number of carbonyl (C=O) groups is 2. The van der Waals surface area contributed by atoms with Gasteiger partial charge in [0.25, 0.3) is 11.6 Å². The number of anilines is 1. The molecule has 166 valence electrons. The standard InChI is InChI=1S/C22H33N3O5/c1-16(2)13-24(14-17(3)4)21(26)15-30-22(27)18-9-11-23(12-10-18)19-7-5-6-8-20(19)25(28)29/h5-8,16-18H,9-15H2,1-4H3. The quantitative estimate of drug-likeness (QED) is 0.346. The van der Waals surface area contributed by atoms with E-state index in [1.54, 1.807) is 23.1 Å². The van der Waals surface area contributed by atoms with E-state index >= 15 is 0 Å². The van der Waals surface area contributed by atoms with Crippen LogP contribution in [0.15, 0.2) is 24.3 Å². The number of nitro benzene ring substituents is 1. The van der Waals surface area contributed by atoms with Crippen molar-refractivity contribution in [2.24, 2.45) is 17.8 Å². The first-order chi connectivity index (χ1) is 14.2. The van der Waals surface area contributed by atoms with Crippen LogP contribution in [0.5, 0.6) is 0 Å². The first kappa shape index (κ1) is 23.6. The lowest BCUT2D eigenvalue weighted by atomic mass is 9.96. The fourth-order valence-electron chi connectivity index (χ4n) is 3.74. The molecule has 0 atom stereocenters. The van der Waals surface area contributed by atoms with Crippen molar-refractivity contribution in [1.29, 1.82) is 0 Å². The fraction of sp³-hybridized carbons (Fsp3) is 0.636. The monoisotopic (exact) mass is 419 g/mol. The van der Waals surface area contributed by atoms with Crippen LogP contribution in [0.25, 0.3) is 0 Å². The van der Waals surface area contributed by atoms with E-state index in [1.165, 1.54) is 6.07 Å². The summed E-state index contributed by atoms with van der Waals surface area (Å²) < 4.78 is 5.33. The number of nitro groups is 1. The number of ether oxygens (including phenoxy) is 1. The van der Waals surface area contributed by atoms with Gasteiger partial charge in [-0.1, -0.05) is 39.8 Å². The second-order valence-electron chi connectivity index (χ2n) is 8.70. The van der Waals surface area contributed by atoms with Crippen LogP contribution in [-0.4, -0.2) is 54.5 Å². The van der Waals surface area contributed by atoms with Crippen LogP contribution in [0.4, 0.5) is 11.4 Å². The summed E-state index contributed by atoms with van der Waals surface area (Å²) in [5.74, 6) is -0.132. The molecule has 0 bridgehead atoms. The third kappa shape index (κ3) is 6.71. The highest BCUT2D eigenvalue weighted by Gasteiger charge is 2.29. The van der Waals surface area contributed by atoms with Gasteiger partial charge in [0.15, 0.2) is 6.61 Å². The summed E-state index contributed by atoms with van der Waals surface area (Å²) in [4.78, 5) is 39.5. The van der Waals surface area contributed by atoms with Crippen LogP contribution in [0.1, 0.15) is 40.5 Å². The molecule has 1 aromatic carbocycles. The Bertz CT molecular complexity index is 732. The van der Waals surface area contributed by atoms with Gasteiger partial charge in [0.05, 0.1) is 10.8 Å². The van der Waals surface area contributed by atoms with E-state index in [0.717, 1.165) is 0 Å². The number of esters is 1. The second-order valence-corrected chi connectivity index (χ2v) is 8.70. The van der Waals surface area contributed by atoms with Crippen molar-refractivity contribution < 1.29 is 19.2 Å². The Kier molecular flexibility index (Phi) is 8.62. The van der Waals surface area contributed by atoms with E-state index in [-0.39, 0.29) is 35.0 Å². The van der Waals surface area contributed by atoms with Crippen molar-refractivity contribution in [1.82, 2.24) is 4.90 Å². The molecule has 1 aliphatic heterocycles. The highest BCUT2D eigenvalue weighted by molar-refractivity contribution is 5.81. The van der Waals surface area contributed by atoms with Gasteiger partial charge < -0.3 is 14.5 Å². The highest BCUT2D eigenvalue weighted by Crippen LogP contribution is 2.31. The minimum Gasteiger partial charge on any atom is -0.455 e. The SMILES string of the molecule is CC(C)CN(CC(C)C)C(=O)COC(=O)C1CCN(c2ccccc2[N+](=O)[O-])CC1. The topological polar surface area (TPSA) is 93.0 Å². The summed E-state index contributed by atoms with van der Waals surface area (Å²) in [5, 5.41) is 11.2. The Morgan fingerprint density at radius 2 is 1.70 bits per heavy atom. The molecule has 0 aromatic heterocycles. The number of para-hydroxylation sites is 2. The van der Waals surface area contributed by atoms with Crippen molar-refractivity contribution in [3.63, 3.8) is 0 Å². The van der Waals surface area contributed by atoms with Gasteiger partial charge in [0, 0.05) is 32.2 Å². The molecule has 0 saturated carbocycles. The average molecular weight is 420 g/mol. The molecule has 1 amide bonds. The number of rotatable bonds is 9. The summed E-state index contributed by atoms with van der Waals surface area (Å²) in [6, 6.07) is 6.63. The summed E-state index contributed by atoms with van der Waals surface area (Å²) in [6.45, 7) is 10.3. The molecule has 1 heterocycles. The molecule has 0 spiro atoms. The zero-order valence-corrected chi connectivity index (χ0v) is 18.4. The molecule has 1 saturated heterocycles. The number of nitrogens with zero attached hydrogens (tertiary/aromatic N) is 3. The second kappa shape index (κ2) is 10.9. The number of carbonyl (C=O) groups excluding carboxylic acids is 2. The third-order valence-corrected chi connectivity index (χ3v) is 5.11. The maximum atomic E-state index is 12.5. The molecule has 30 heavy (non-hydrogen) atoms. The largest absolute Gasteiger partial charge is 0.455 e. The Hall–Kier alpha value is -2.64. The summed E-state index contributed by atoms with van der Waals surface area (Å²) >= 11 is 0. The lowest BCUT2D eigenvalue weighted by Crippen LogP contribution is -2.41. The molecule has 0 aliphatic carbocycles. The minimum atomic E-state index is -0.388. The van der Waals surface area contributed by atoms with E-state index in [1.807, 2.05) is 4.90 Å². The first-order valence-corrected chi connectivity index (χ1v) is 10.6. The van der Waals surface area contributed by atoms with E-state index in [4.69, 9.17) is 4.74 Å². The summed E-state index contributed by atoms with van der Waals surface area (Å²) in [5.41, 5.74) is 0.641. The molecule has 2 rings (SSSR count). The fourth-order valence-corrected chi connectivity index (χ4v) is 3.74. The zero-order valence-electron chi connectivity index (χ0n) is 18.4. The van der Waals surface area contributed by atoms with Crippen molar-refractivity contribution >= 4 is 23.3 Å². The number of hydrogen-bond acceptors (Lipinski definition) is 6. The molecule has 1 aromatic rings. The van der Waals surface area contributed by atoms with Gasteiger partial charge >= 0.3 is 5.97 Å². The predicted molar refractivity (Wildman–Crippen MR) is 115 cm³/mol. The van der Waals surface area contributed by atoms with E-state index in [9.17, 15) is 19.7 Å². The maximum Gasteiger partial charge on any atom is 0.309 e. The molecule has 0 radical (unpaired) electrons. The average Bonchev–Trinajstić information content (AvgIpc) is 2.70. The van der Waals surface area contributed by atoms with E-state index in [0.29, 0.717) is 56.5 Å². The van der Waals surface area contributed by atoms with Crippen LogP contribution in [0.2, 0.25) is 0 Å². The molecule has 1 fully saturated rings. The zero-order chi connectivity index (χ0) is 22.3. The number of benzene rings is 1.